The maximum Gasteiger partial charge on any atom is 0.410 e. The molecular weight excluding hydrogens is 1300 g/mol. The van der Waals surface area contributed by atoms with Crippen LogP contribution in [0.4, 0.5) is 33.6 Å². The summed E-state index contributed by atoms with van der Waals surface area (Å²) in [5.41, 5.74) is 6.01. The van der Waals surface area contributed by atoms with Crippen molar-refractivity contribution in [2.45, 2.75) is 182 Å². The molecule has 0 aliphatic carbocycles. The first-order chi connectivity index (χ1) is 46.7. The number of nitrogens with two attached hydrogens (primary N) is 1. The Labute approximate surface area is 586 Å². The Bertz CT molecular complexity index is 3050. The summed E-state index contributed by atoms with van der Waals surface area (Å²) in [4.78, 5) is 138. The topological polar surface area (TPSA) is 366 Å². The van der Waals surface area contributed by atoms with Crippen molar-refractivity contribution in [3.8, 4) is 0 Å². The highest BCUT2D eigenvalue weighted by Crippen LogP contribution is 2.26. The van der Waals surface area contributed by atoms with Crippen molar-refractivity contribution in [1.29, 1.82) is 0 Å². The highest BCUT2D eigenvalue weighted by atomic mass is 16.6. The Hall–Kier alpha value is -9.41. The van der Waals surface area contributed by atoms with Gasteiger partial charge in [0.15, 0.2) is 0 Å². The summed E-state index contributed by atoms with van der Waals surface area (Å²) >= 11 is 0. The quantitative estimate of drug-likeness (QED) is 0.0786. The molecule has 7 amide bonds. The predicted octanol–water partition coefficient (Wildman–Crippen LogP) is 9.21. The number of ketones is 1. The first kappa shape index (κ1) is 83.0. The molecule has 3 aromatic carbocycles. The lowest BCUT2D eigenvalue weighted by Gasteiger charge is -2.38. The SMILES string of the molecule is CC(=O)C1CN(C(=O)OC(C)(C)C)CCC1NC(=O)OCc1ccccc1.CC(C)(C)OC(=O)N1CCC(NC(=O)OCc2ccccc2)C(C(=O)O)C1.COC(=O)C1CN(C(=O)OC(C)(C)C)CCC1N.COC(=O)C1CN(C(=O)OC(C)(C)C)CCC1NC(=O)OCc1ccccc1. The molecule has 8 atom stereocenters. The van der Waals surface area contributed by atoms with Crippen LogP contribution in [0.5, 0.6) is 0 Å². The molecule has 4 aliphatic rings. The maximum absolute atomic E-state index is 12.3. The van der Waals surface area contributed by atoms with Gasteiger partial charge < -0.3 is 89.0 Å². The number of carboxylic acids is 1. The van der Waals surface area contributed by atoms with Gasteiger partial charge in [-0.1, -0.05) is 91.0 Å². The fourth-order valence-corrected chi connectivity index (χ4v) is 10.5. The summed E-state index contributed by atoms with van der Waals surface area (Å²) < 4.78 is 46.4. The molecule has 29 heteroatoms. The number of carbonyl (C=O) groups is 11. The van der Waals surface area contributed by atoms with E-state index in [0.717, 1.165) is 16.7 Å². The molecule has 554 valence electrons. The van der Waals surface area contributed by atoms with Gasteiger partial charge in [-0.05, 0) is 132 Å². The van der Waals surface area contributed by atoms with Crippen LogP contribution in [0.3, 0.4) is 0 Å². The molecule has 3 aromatic rings. The molecule has 8 unspecified atom stereocenters. The van der Waals surface area contributed by atoms with Crippen LogP contribution in [0.2, 0.25) is 0 Å². The minimum absolute atomic E-state index is 0.0339. The van der Waals surface area contributed by atoms with E-state index >= 15 is 0 Å². The number of piperidine rings is 4. The van der Waals surface area contributed by atoms with Crippen molar-refractivity contribution < 1.29 is 100 Å². The molecule has 4 aliphatic heterocycles. The normalized spacial score (nSPS) is 20.6. The van der Waals surface area contributed by atoms with Gasteiger partial charge in [0.05, 0.1) is 37.9 Å². The number of amides is 7. The van der Waals surface area contributed by atoms with Crippen molar-refractivity contribution in [1.82, 2.24) is 35.6 Å². The molecule has 6 N–H and O–H groups in total. The second kappa shape index (κ2) is 38.8. The lowest BCUT2D eigenvalue weighted by Crippen LogP contribution is -2.55. The van der Waals surface area contributed by atoms with E-state index in [-0.39, 0.29) is 69.8 Å². The largest absolute Gasteiger partial charge is 0.481 e. The number of carboxylic acid groups (broad SMARTS) is 1. The van der Waals surface area contributed by atoms with Crippen molar-refractivity contribution in [3.05, 3.63) is 108 Å². The Morgan fingerprint density at radius 3 is 0.960 bits per heavy atom. The van der Waals surface area contributed by atoms with Gasteiger partial charge in [0.1, 0.15) is 48.0 Å². The number of ether oxygens (including phenoxy) is 9. The van der Waals surface area contributed by atoms with Gasteiger partial charge in [-0.25, -0.2) is 33.6 Å². The number of likely N-dealkylation sites (tertiary alicyclic amines) is 4. The first-order valence-corrected chi connectivity index (χ1v) is 33.2. The second-order valence-corrected chi connectivity index (χ2v) is 28.4. The van der Waals surface area contributed by atoms with E-state index in [2.05, 4.69) is 16.0 Å². The highest BCUT2D eigenvalue weighted by molar-refractivity contribution is 5.82. The molecule has 7 rings (SSSR count). The molecule has 0 saturated carbocycles. The third-order valence-corrected chi connectivity index (χ3v) is 15.5. The first-order valence-electron chi connectivity index (χ1n) is 33.2. The van der Waals surface area contributed by atoms with Crippen molar-refractivity contribution in [2.75, 3.05) is 66.6 Å². The zero-order valence-electron chi connectivity index (χ0n) is 60.4. The van der Waals surface area contributed by atoms with Gasteiger partial charge in [-0.3, -0.25) is 19.2 Å². The fourth-order valence-electron chi connectivity index (χ4n) is 10.5. The Morgan fingerprint density at radius 2 is 0.670 bits per heavy atom. The number of hydrogen-bond acceptors (Lipinski definition) is 21. The van der Waals surface area contributed by atoms with E-state index in [1.165, 1.54) is 40.7 Å². The molecule has 4 heterocycles. The number of carbonyl (C=O) groups excluding carboxylic acids is 10. The summed E-state index contributed by atoms with van der Waals surface area (Å²) in [6, 6.07) is 26.1. The number of Topliss-reactive ketones (excluding diaryl/α,β-unsaturated/α-hetero) is 1. The van der Waals surface area contributed by atoms with Crippen LogP contribution >= 0.6 is 0 Å². The minimum atomic E-state index is -1.09. The Balaban J connectivity index is 0.000000286. The highest BCUT2D eigenvalue weighted by Gasteiger charge is 2.42. The summed E-state index contributed by atoms with van der Waals surface area (Å²) in [5, 5.41) is 17.6. The van der Waals surface area contributed by atoms with Crippen molar-refractivity contribution in [2.24, 2.45) is 29.4 Å². The van der Waals surface area contributed by atoms with Crippen LogP contribution in [0, 0.1) is 23.7 Å². The molecule has 4 fully saturated rings. The number of esters is 2. The number of benzene rings is 3. The zero-order chi connectivity index (χ0) is 74.7. The molecule has 0 aromatic heterocycles. The van der Waals surface area contributed by atoms with Gasteiger partial charge >= 0.3 is 60.6 Å². The Kier molecular flexibility index (Phi) is 32.2. The average molecular weight is 1410 g/mol. The van der Waals surface area contributed by atoms with E-state index in [1.54, 1.807) is 83.1 Å². The number of nitrogens with one attached hydrogen (secondary N) is 3. The molecule has 29 nitrogen and oxygen atoms in total. The lowest BCUT2D eigenvalue weighted by atomic mass is 9.89. The molecule has 100 heavy (non-hydrogen) atoms. The van der Waals surface area contributed by atoms with Crippen LogP contribution in [0.1, 0.15) is 132 Å². The number of rotatable bonds is 13. The number of nitrogens with zero attached hydrogens (tertiary/aromatic N) is 4. The summed E-state index contributed by atoms with van der Waals surface area (Å²) in [7, 11) is 2.60. The van der Waals surface area contributed by atoms with E-state index in [0.29, 0.717) is 51.9 Å². The van der Waals surface area contributed by atoms with Crippen LogP contribution in [0.25, 0.3) is 0 Å². The van der Waals surface area contributed by atoms with Gasteiger partial charge in [-0.15, -0.1) is 0 Å². The van der Waals surface area contributed by atoms with Crippen molar-refractivity contribution in [3.63, 3.8) is 0 Å². The number of hydrogen-bond donors (Lipinski definition) is 5. The summed E-state index contributed by atoms with van der Waals surface area (Å²) in [5.74, 6) is -4.65. The van der Waals surface area contributed by atoms with E-state index < -0.39 is 113 Å². The summed E-state index contributed by atoms with van der Waals surface area (Å²) in [6.07, 6.45) is -2.05. The third kappa shape index (κ3) is 30.4. The number of alkyl carbamates (subject to hydrolysis) is 3. The van der Waals surface area contributed by atoms with Crippen molar-refractivity contribution >= 4 is 66.3 Å². The molecule has 0 spiro atoms. The van der Waals surface area contributed by atoms with Crippen LogP contribution in [0.15, 0.2) is 91.0 Å². The van der Waals surface area contributed by atoms with E-state index in [1.807, 2.05) is 91.0 Å². The predicted molar refractivity (Wildman–Crippen MR) is 365 cm³/mol. The van der Waals surface area contributed by atoms with Gasteiger partial charge in [0, 0.05) is 76.5 Å². The van der Waals surface area contributed by atoms with Gasteiger partial charge in [-0.2, -0.15) is 0 Å². The van der Waals surface area contributed by atoms with Gasteiger partial charge in [0.25, 0.3) is 0 Å². The fraction of sp³-hybridized carbons (Fsp3) is 0.592. The van der Waals surface area contributed by atoms with E-state index in [4.69, 9.17) is 48.4 Å². The second-order valence-electron chi connectivity index (χ2n) is 28.4. The van der Waals surface area contributed by atoms with E-state index in [9.17, 15) is 57.8 Å². The Morgan fingerprint density at radius 1 is 0.410 bits per heavy atom. The third-order valence-electron chi connectivity index (χ3n) is 15.5. The molecular formula is C71H104N8O21. The number of methoxy groups -OCH3 is 2. The average Bonchev–Trinajstić information content (AvgIpc) is 0.835. The maximum atomic E-state index is 12.3. The smallest absolute Gasteiger partial charge is 0.410 e. The minimum Gasteiger partial charge on any atom is -0.481 e. The molecule has 4 saturated heterocycles. The summed E-state index contributed by atoms with van der Waals surface area (Å²) in [6.45, 7) is 25.3. The number of aliphatic carboxylic acids is 1. The lowest BCUT2D eigenvalue weighted by molar-refractivity contribution is -0.149. The van der Waals surface area contributed by atoms with Crippen LogP contribution in [-0.4, -0.2) is 204 Å². The molecule has 0 radical (unpaired) electrons. The van der Waals surface area contributed by atoms with Crippen LogP contribution in [-0.2, 0) is 81.6 Å². The molecule has 0 bridgehead atoms. The van der Waals surface area contributed by atoms with Crippen LogP contribution < -0.4 is 21.7 Å². The monoisotopic (exact) mass is 1400 g/mol. The van der Waals surface area contributed by atoms with Gasteiger partial charge in [0.2, 0.25) is 0 Å². The standard InChI is InChI=1S/C20H28N2O6.C20H28N2O5.C19H26N2O6.C12H22N2O4/c1-20(2,3)28-19(25)22-11-10-16(15(12-22)17(23)26-4)21-18(24)27-13-14-8-6-5-7-9-14;1-14(23)16-12-22(19(25)27-20(2,3)4)11-10-17(16)21-18(24)26-13-15-8-6-5-7-9-15;1-19(2,3)27-18(25)21-10-9-15(14(11-21)16(22)23)20-17(24)26-12-13-7-5-4-6-8-13;1-12(2,3)18-11(16)14-6-5-9(13)8(7-14)10(15)17-4/h5-9,15-16H,10-13H2,1-4H3,(H,21,24);5-9,16-17H,10-13H2,1-4H3,(H,21,24);4-8,14-15H,9-12H2,1-3H3,(H,20,24)(H,22,23);8-9H,5-7,13H2,1-4H3. The zero-order valence-corrected chi connectivity index (χ0v) is 60.4.